The fourth-order valence-electron chi connectivity index (χ4n) is 8.82. The maximum absolute atomic E-state index is 13.7. The molecular weight excluding hydrogens is 932 g/mol. The number of hydrogen-bond acceptors (Lipinski definition) is 11. The molecule has 7 aromatic rings. The second kappa shape index (κ2) is 19.8. The van der Waals surface area contributed by atoms with Gasteiger partial charge in [0.15, 0.2) is 11.6 Å². The highest BCUT2D eigenvalue weighted by Crippen LogP contribution is 2.43. The number of benzene rings is 3. The Morgan fingerprint density at radius 1 is 0.873 bits per heavy atom. The molecule has 0 aliphatic carbocycles. The van der Waals surface area contributed by atoms with Crippen molar-refractivity contribution >= 4 is 82.8 Å². The molecule has 2 aliphatic heterocycles. The van der Waals surface area contributed by atoms with E-state index in [1.165, 1.54) is 16.2 Å². The maximum atomic E-state index is 13.7. The summed E-state index contributed by atoms with van der Waals surface area (Å²) in [5, 5.41) is 8.71. The van der Waals surface area contributed by atoms with Crippen LogP contribution in [0.25, 0.3) is 10.9 Å². The maximum Gasteiger partial charge on any atom is 0.430 e. The van der Waals surface area contributed by atoms with Crippen molar-refractivity contribution in [3.8, 4) is 5.75 Å². The van der Waals surface area contributed by atoms with Crippen molar-refractivity contribution in [1.29, 1.82) is 0 Å². The minimum absolute atomic E-state index is 0.0705. The molecule has 2 atom stereocenters. The summed E-state index contributed by atoms with van der Waals surface area (Å²) in [6.45, 7) is 2.18. The molecule has 9 rings (SSSR count). The Hall–Kier alpha value is -7.90. The summed E-state index contributed by atoms with van der Waals surface area (Å²) in [6.07, 6.45) is 9.40. The van der Waals surface area contributed by atoms with Crippen LogP contribution in [0, 0.1) is 6.92 Å². The zero-order valence-electron chi connectivity index (χ0n) is 39.5. The molecule has 4 aromatic heterocycles. The van der Waals surface area contributed by atoms with Gasteiger partial charge in [0.2, 0.25) is 11.7 Å². The normalized spacial score (nSPS) is 14.6. The topological polar surface area (TPSA) is 235 Å². The van der Waals surface area contributed by atoms with Crippen molar-refractivity contribution in [3.05, 3.63) is 137 Å². The van der Waals surface area contributed by atoms with Crippen LogP contribution >= 0.6 is 7.75 Å². The lowest BCUT2D eigenvalue weighted by atomic mass is 10.1. The quantitative estimate of drug-likeness (QED) is 0.0387. The van der Waals surface area contributed by atoms with Gasteiger partial charge in [-0.2, -0.15) is 0 Å². The van der Waals surface area contributed by atoms with Crippen molar-refractivity contribution in [2.45, 2.75) is 38.6 Å². The van der Waals surface area contributed by atoms with Crippen molar-refractivity contribution in [2.24, 2.45) is 26.1 Å². The third kappa shape index (κ3) is 10.2. The van der Waals surface area contributed by atoms with Gasteiger partial charge >= 0.3 is 7.75 Å². The lowest BCUT2D eigenvalue weighted by Gasteiger charge is -2.21. The van der Waals surface area contributed by atoms with Gasteiger partial charge in [-0.3, -0.25) is 48.0 Å². The highest BCUT2D eigenvalue weighted by Gasteiger charge is 2.36. The minimum atomic E-state index is -4.15. The van der Waals surface area contributed by atoms with E-state index >= 15 is 0 Å². The number of nitrogens with one attached hydrogen (secondary N) is 3. The number of amides is 3. The van der Waals surface area contributed by atoms with Gasteiger partial charge in [-0.25, -0.2) is 9.55 Å². The number of ketones is 1. The minimum Gasteiger partial charge on any atom is -0.493 e. The van der Waals surface area contributed by atoms with Crippen LogP contribution in [-0.2, 0) is 52.6 Å². The van der Waals surface area contributed by atoms with Crippen molar-refractivity contribution in [2.75, 3.05) is 47.6 Å². The first-order valence-corrected chi connectivity index (χ1v) is 24.3. The predicted molar refractivity (Wildman–Crippen MR) is 266 cm³/mol. The van der Waals surface area contributed by atoms with Crippen LogP contribution in [0.15, 0.2) is 103 Å². The largest absolute Gasteiger partial charge is 0.493 e. The van der Waals surface area contributed by atoms with Gasteiger partial charge in [0.05, 0.1) is 48.3 Å². The standard InChI is InChI=1S/C50H51N10O10P/c1-30-19-37-38(51-26-36-23-32-9-6-7-10-40(32)60(36)49(37)64)25-44(30)69-16-8-11-46(62)53-45-29-58(4)47(54-45)43(61)21-31-20-41(56(2)27-31)48(63)52-35-24-42(57(3)28-35)50(65)59-15-14-33-22-34(12-13-39(33)59)55-71(66,67)70-18-17-68-5/h6-7,9-10,12-15,19-20,22,24-29,36H,8,11,16-18,21,23H2,1-5H3,(H,52,63)(H,53,62)(H2,55,66,67)/t36-/m0/s1. The highest BCUT2D eigenvalue weighted by atomic mass is 31.2. The molecule has 4 N–H and O–H groups in total. The fourth-order valence-corrected chi connectivity index (χ4v) is 9.67. The molecule has 3 aromatic carbocycles. The van der Waals surface area contributed by atoms with E-state index in [0.717, 1.165) is 16.8 Å². The lowest BCUT2D eigenvalue weighted by Crippen LogP contribution is -2.37. The van der Waals surface area contributed by atoms with Crippen molar-refractivity contribution < 1.29 is 47.4 Å². The van der Waals surface area contributed by atoms with Crippen LogP contribution in [-0.4, -0.2) is 96.7 Å². The number of aromatic nitrogens is 5. The first-order chi connectivity index (χ1) is 34.0. The monoisotopic (exact) mass is 982 g/mol. The van der Waals surface area contributed by atoms with E-state index < -0.39 is 13.7 Å². The smallest absolute Gasteiger partial charge is 0.430 e. The predicted octanol–water partition coefficient (Wildman–Crippen LogP) is 6.99. The molecule has 6 heterocycles. The van der Waals surface area contributed by atoms with Crippen LogP contribution in [0.1, 0.15) is 71.5 Å². The number of hydrogen-bond donors (Lipinski definition) is 4. The number of para-hydroxylation sites is 1. The van der Waals surface area contributed by atoms with E-state index in [4.69, 9.17) is 14.0 Å². The van der Waals surface area contributed by atoms with Crippen LogP contribution in [0.5, 0.6) is 5.75 Å². The number of carbonyl (C=O) groups excluding carboxylic acids is 5. The van der Waals surface area contributed by atoms with E-state index in [-0.39, 0.29) is 85.2 Å². The number of nitrogens with zero attached hydrogens (tertiary/aromatic N) is 7. The molecule has 0 fully saturated rings. The van der Waals surface area contributed by atoms with Gasteiger partial charge in [0, 0.05) is 101 Å². The molecule has 71 heavy (non-hydrogen) atoms. The van der Waals surface area contributed by atoms with Crippen molar-refractivity contribution in [3.63, 3.8) is 0 Å². The van der Waals surface area contributed by atoms with Gasteiger partial charge in [0.25, 0.3) is 17.7 Å². The first-order valence-electron chi connectivity index (χ1n) is 22.7. The SMILES string of the molecule is COCCOP(=O)(O)Nc1ccc2c(ccn2C(=O)c2cc(NC(=O)c3cc(CC(=O)c4nc(NC(=O)CCCOc5cc6c(cc5C)C(=O)N5c7ccccc7C[C@H]5C=N6)cn4C)cn3C)cn2C)c1. The molecule has 366 valence electrons. The zero-order valence-corrected chi connectivity index (χ0v) is 40.4. The summed E-state index contributed by atoms with van der Waals surface area (Å²) >= 11 is 0. The van der Waals surface area contributed by atoms with E-state index in [1.54, 1.807) is 108 Å². The molecule has 21 heteroatoms. The van der Waals surface area contributed by atoms with Crippen molar-refractivity contribution in [1.82, 2.24) is 23.3 Å². The van der Waals surface area contributed by atoms with E-state index in [9.17, 15) is 33.4 Å². The van der Waals surface area contributed by atoms with Crippen LogP contribution in [0.3, 0.4) is 0 Å². The molecule has 3 amide bonds. The lowest BCUT2D eigenvalue weighted by molar-refractivity contribution is -0.116. The number of anilines is 4. The van der Waals surface area contributed by atoms with Crippen LogP contribution in [0.4, 0.5) is 28.6 Å². The Kier molecular flexibility index (Phi) is 13.5. The van der Waals surface area contributed by atoms with Gasteiger partial charge < -0.3 is 38.7 Å². The summed E-state index contributed by atoms with van der Waals surface area (Å²) in [5.74, 6) is -0.665. The number of imidazole rings is 1. The molecule has 2 aliphatic rings. The summed E-state index contributed by atoms with van der Waals surface area (Å²) in [6, 6.07) is 21.0. The van der Waals surface area contributed by atoms with E-state index in [0.29, 0.717) is 57.7 Å². The summed E-state index contributed by atoms with van der Waals surface area (Å²) < 4.78 is 34.5. The summed E-state index contributed by atoms with van der Waals surface area (Å²) in [7, 11) is 2.32. The van der Waals surface area contributed by atoms with E-state index in [2.05, 4.69) is 25.7 Å². The number of aliphatic imine (C=N–C) groups is 1. The number of rotatable bonds is 18. The average molecular weight is 983 g/mol. The summed E-state index contributed by atoms with van der Waals surface area (Å²) in [4.78, 5) is 88.4. The van der Waals surface area contributed by atoms with Gasteiger partial charge in [0.1, 0.15) is 17.1 Å². The molecule has 20 nitrogen and oxygen atoms in total. The molecule has 0 bridgehead atoms. The Morgan fingerprint density at radius 2 is 1.68 bits per heavy atom. The Balaban J connectivity index is 0.758. The zero-order chi connectivity index (χ0) is 50.1. The first kappa shape index (κ1) is 48.1. The molecule has 0 spiro atoms. The number of methoxy groups -OCH3 is 1. The molecule has 0 radical (unpaired) electrons. The third-order valence-electron chi connectivity index (χ3n) is 12.2. The van der Waals surface area contributed by atoms with Gasteiger partial charge in [-0.1, -0.05) is 18.2 Å². The third-order valence-corrected chi connectivity index (χ3v) is 13.3. The number of carbonyl (C=O) groups is 5. The van der Waals surface area contributed by atoms with E-state index in [1.807, 2.05) is 37.4 Å². The Bertz CT molecular complexity index is 3350. The Labute approximate surface area is 407 Å². The average Bonchev–Trinajstić information content (AvgIpc) is 4.16. The second-order valence-electron chi connectivity index (χ2n) is 17.4. The second-order valence-corrected chi connectivity index (χ2v) is 18.9. The van der Waals surface area contributed by atoms with Crippen LogP contribution < -0.4 is 25.4 Å². The number of Topliss-reactive ketones (excluding diaryl/α,β-unsaturated/α-hetero) is 1. The number of aryl methyl sites for hydroxylation is 4. The molecule has 0 saturated carbocycles. The molecule has 0 saturated heterocycles. The summed E-state index contributed by atoms with van der Waals surface area (Å²) in [5.41, 5.74) is 6.19. The Morgan fingerprint density at radius 3 is 2.49 bits per heavy atom. The number of fused-ring (bicyclic) bond motifs is 5. The fraction of sp³-hybridized carbons (Fsp3) is 0.260. The molecular formula is C50H51N10O10P. The molecule has 1 unspecified atom stereocenters. The van der Waals surface area contributed by atoms with Gasteiger partial charge in [-0.15, -0.1) is 0 Å². The van der Waals surface area contributed by atoms with Gasteiger partial charge in [-0.05, 0) is 78.6 Å². The van der Waals surface area contributed by atoms with Crippen LogP contribution in [0.2, 0.25) is 0 Å². The highest BCUT2D eigenvalue weighted by molar-refractivity contribution is 7.54. The number of ether oxygens (including phenoxy) is 2.